The van der Waals surface area contributed by atoms with Crippen molar-refractivity contribution in [3.05, 3.63) is 18.2 Å². The van der Waals surface area contributed by atoms with Crippen LogP contribution in [0.5, 0.6) is 11.5 Å². The summed E-state index contributed by atoms with van der Waals surface area (Å²) in [6.45, 7) is 2.75. The highest BCUT2D eigenvalue weighted by Crippen LogP contribution is 2.34. The highest BCUT2D eigenvalue weighted by atomic mass is 32.2. The van der Waals surface area contributed by atoms with E-state index >= 15 is 0 Å². The summed E-state index contributed by atoms with van der Waals surface area (Å²) in [6.07, 6.45) is 0. The molecule has 1 aliphatic rings. The average molecular weight is 268 g/mol. The predicted molar refractivity (Wildman–Crippen MR) is 69.9 cm³/mol. The van der Waals surface area contributed by atoms with Crippen LogP contribution < -0.4 is 20.9 Å². The number of hydrogen-bond acceptors (Lipinski definition) is 5. The SMILES string of the molecule is CC(N)(CSc1ccc2c(c1)OCCO2)C(N)=O. The van der Waals surface area contributed by atoms with Crippen LogP contribution >= 0.6 is 11.8 Å². The minimum absolute atomic E-state index is 0.419. The second kappa shape index (κ2) is 5.07. The molecular weight excluding hydrogens is 252 g/mol. The molecule has 0 spiro atoms. The van der Waals surface area contributed by atoms with Crippen LogP contribution in [0.4, 0.5) is 0 Å². The van der Waals surface area contributed by atoms with Crippen LogP contribution in [0.1, 0.15) is 6.92 Å². The number of carbonyl (C=O) groups excluding carboxylic acids is 1. The third-order valence-corrected chi connectivity index (χ3v) is 3.95. The first-order valence-electron chi connectivity index (χ1n) is 5.60. The number of carbonyl (C=O) groups is 1. The molecule has 0 aliphatic carbocycles. The average Bonchev–Trinajstić information content (AvgIpc) is 2.36. The van der Waals surface area contributed by atoms with Gasteiger partial charge in [0.05, 0.1) is 0 Å². The fourth-order valence-corrected chi connectivity index (χ4v) is 2.38. The molecule has 2 rings (SSSR count). The molecule has 0 saturated carbocycles. The van der Waals surface area contributed by atoms with Crippen molar-refractivity contribution in [1.82, 2.24) is 0 Å². The summed E-state index contributed by atoms with van der Waals surface area (Å²) in [7, 11) is 0. The molecule has 1 aromatic carbocycles. The van der Waals surface area contributed by atoms with Crippen LogP contribution in [-0.2, 0) is 4.79 Å². The van der Waals surface area contributed by atoms with E-state index in [1.54, 1.807) is 6.92 Å². The molecule has 0 aromatic heterocycles. The number of ether oxygens (including phenoxy) is 2. The van der Waals surface area contributed by atoms with Gasteiger partial charge in [-0.05, 0) is 25.1 Å². The topological polar surface area (TPSA) is 87.6 Å². The molecule has 1 aliphatic heterocycles. The molecular formula is C12H16N2O3S. The molecule has 5 nitrogen and oxygen atoms in total. The largest absolute Gasteiger partial charge is 0.486 e. The molecule has 1 heterocycles. The van der Waals surface area contributed by atoms with E-state index in [9.17, 15) is 4.79 Å². The summed E-state index contributed by atoms with van der Waals surface area (Å²) in [6, 6.07) is 5.65. The first-order chi connectivity index (χ1) is 8.49. The molecule has 0 saturated heterocycles. The van der Waals surface area contributed by atoms with Gasteiger partial charge in [-0.1, -0.05) is 0 Å². The minimum Gasteiger partial charge on any atom is -0.486 e. The van der Waals surface area contributed by atoms with Gasteiger partial charge in [-0.15, -0.1) is 11.8 Å². The molecule has 1 atom stereocenters. The fraction of sp³-hybridized carbons (Fsp3) is 0.417. The number of hydrogen-bond donors (Lipinski definition) is 2. The molecule has 1 unspecified atom stereocenters. The van der Waals surface area contributed by atoms with Gasteiger partial charge < -0.3 is 20.9 Å². The molecule has 1 amide bonds. The standard InChI is InChI=1S/C12H16N2O3S/c1-12(14,11(13)15)7-18-8-2-3-9-10(6-8)17-5-4-16-9/h2-3,6H,4-5,7,14H2,1H3,(H2,13,15). The van der Waals surface area contributed by atoms with Crippen molar-refractivity contribution < 1.29 is 14.3 Å². The molecule has 0 bridgehead atoms. The summed E-state index contributed by atoms with van der Waals surface area (Å²) in [5.41, 5.74) is 10.0. The zero-order valence-corrected chi connectivity index (χ0v) is 11.0. The minimum atomic E-state index is -1.02. The molecule has 18 heavy (non-hydrogen) atoms. The lowest BCUT2D eigenvalue weighted by Crippen LogP contribution is -2.51. The molecule has 98 valence electrons. The summed E-state index contributed by atoms with van der Waals surface area (Å²) in [5.74, 6) is 1.38. The Labute approximate surface area is 110 Å². The van der Waals surface area contributed by atoms with Gasteiger partial charge in [0.1, 0.15) is 18.8 Å². The zero-order valence-electron chi connectivity index (χ0n) is 10.1. The van der Waals surface area contributed by atoms with Crippen molar-refractivity contribution in [3.63, 3.8) is 0 Å². The van der Waals surface area contributed by atoms with Gasteiger partial charge in [-0.3, -0.25) is 4.79 Å². The molecule has 1 aromatic rings. The quantitative estimate of drug-likeness (QED) is 0.787. The molecule has 4 N–H and O–H groups in total. The van der Waals surface area contributed by atoms with Gasteiger partial charge >= 0.3 is 0 Å². The number of nitrogens with two attached hydrogens (primary N) is 2. The van der Waals surface area contributed by atoms with E-state index < -0.39 is 11.4 Å². The van der Waals surface area contributed by atoms with Crippen molar-refractivity contribution in [1.29, 1.82) is 0 Å². The first kappa shape index (κ1) is 13.0. The predicted octanol–water partition coefficient (Wildman–Crippen LogP) is 0.753. The van der Waals surface area contributed by atoms with Crippen molar-refractivity contribution in [2.24, 2.45) is 11.5 Å². The van der Waals surface area contributed by atoms with Crippen LogP contribution in [-0.4, -0.2) is 30.4 Å². The van der Waals surface area contributed by atoms with Gasteiger partial charge in [0, 0.05) is 10.6 Å². The Morgan fingerprint density at radius 1 is 1.39 bits per heavy atom. The molecule has 0 fully saturated rings. The number of fused-ring (bicyclic) bond motifs is 1. The second-order valence-electron chi connectivity index (χ2n) is 4.38. The van der Waals surface area contributed by atoms with Crippen molar-refractivity contribution in [3.8, 4) is 11.5 Å². The van der Waals surface area contributed by atoms with Gasteiger partial charge in [-0.2, -0.15) is 0 Å². The normalized spacial score (nSPS) is 17.0. The molecule has 6 heteroatoms. The van der Waals surface area contributed by atoms with E-state index in [2.05, 4.69) is 0 Å². The highest BCUT2D eigenvalue weighted by molar-refractivity contribution is 7.99. The monoisotopic (exact) mass is 268 g/mol. The van der Waals surface area contributed by atoms with Crippen molar-refractivity contribution in [2.45, 2.75) is 17.4 Å². The lowest BCUT2D eigenvalue weighted by molar-refractivity contribution is -0.121. The smallest absolute Gasteiger partial charge is 0.238 e. The summed E-state index contributed by atoms with van der Waals surface area (Å²) in [4.78, 5) is 12.1. The van der Waals surface area contributed by atoms with E-state index in [0.717, 1.165) is 16.4 Å². The van der Waals surface area contributed by atoms with Crippen molar-refractivity contribution >= 4 is 17.7 Å². The van der Waals surface area contributed by atoms with Gasteiger partial charge in [0.2, 0.25) is 5.91 Å². The van der Waals surface area contributed by atoms with Crippen LogP contribution in [0.25, 0.3) is 0 Å². The summed E-state index contributed by atoms with van der Waals surface area (Å²) < 4.78 is 10.9. The van der Waals surface area contributed by atoms with Crippen molar-refractivity contribution in [2.75, 3.05) is 19.0 Å². The van der Waals surface area contributed by atoms with Gasteiger partial charge in [0.25, 0.3) is 0 Å². The fourth-order valence-electron chi connectivity index (χ4n) is 1.42. The number of benzene rings is 1. The Morgan fingerprint density at radius 3 is 2.72 bits per heavy atom. The van der Waals surface area contributed by atoms with Crippen LogP contribution in [0.2, 0.25) is 0 Å². The van der Waals surface area contributed by atoms with E-state index in [0.29, 0.717) is 19.0 Å². The Hall–Kier alpha value is -1.40. The zero-order chi connectivity index (χ0) is 13.2. The second-order valence-corrected chi connectivity index (χ2v) is 5.42. The number of primary amides is 1. The van der Waals surface area contributed by atoms with Gasteiger partial charge in [-0.25, -0.2) is 0 Å². The maximum atomic E-state index is 11.1. The van der Waals surface area contributed by atoms with Crippen LogP contribution in [0, 0.1) is 0 Å². The Bertz CT molecular complexity index is 463. The van der Waals surface area contributed by atoms with Gasteiger partial charge in [0.15, 0.2) is 11.5 Å². The number of rotatable bonds is 4. The summed E-state index contributed by atoms with van der Waals surface area (Å²) >= 11 is 1.47. The number of thioether (sulfide) groups is 1. The van der Waals surface area contributed by atoms with E-state index in [1.807, 2.05) is 18.2 Å². The third-order valence-electron chi connectivity index (χ3n) is 2.62. The van der Waals surface area contributed by atoms with Crippen LogP contribution in [0.3, 0.4) is 0 Å². The van der Waals surface area contributed by atoms with E-state index in [4.69, 9.17) is 20.9 Å². The molecule has 0 radical (unpaired) electrons. The maximum Gasteiger partial charge on any atom is 0.238 e. The Kier molecular flexibility index (Phi) is 3.68. The van der Waals surface area contributed by atoms with E-state index in [1.165, 1.54) is 11.8 Å². The summed E-state index contributed by atoms with van der Waals surface area (Å²) in [5, 5.41) is 0. The lowest BCUT2D eigenvalue weighted by Gasteiger charge is -2.21. The number of amides is 1. The van der Waals surface area contributed by atoms with E-state index in [-0.39, 0.29) is 0 Å². The van der Waals surface area contributed by atoms with Crippen LogP contribution in [0.15, 0.2) is 23.1 Å². The first-order valence-corrected chi connectivity index (χ1v) is 6.59. The highest BCUT2D eigenvalue weighted by Gasteiger charge is 2.25. The Morgan fingerprint density at radius 2 is 2.06 bits per heavy atom. The third kappa shape index (κ3) is 2.88. The lowest BCUT2D eigenvalue weighted by atomic mass is 10.1. The maximum absolute atomic E-state index is 11.1. The Balaban J connectivity index is 2.04.